The first kappa shape index (κ1) is 34.6. The minimum Gasteiger partial charge on any atom is -0.469 e. The van der Waals surface area contributed by atoms with Gasteiger partial charge in [0.25, 0.3) is 0 Å². The minimum atomic E-state index is -2.08. The summed E-state index contributed by atoms with van der Waals surface area (Å²) in [5.41, 5.74) is -4.11. The second-order valence-corrected chi connectivity index (χ2v) is 15.9. The standard InChI is InChI=1S/C36H48O12/c1-10-18(4)30(40)47-28-25-27(46-29(39)17(2)3)32(5,6)21(15-23(37)43-9)34(8)20-11-13-33(7)22(35(20,28)48-36(25,34)42)16-24(38)45-26(33)19-12-14-44-31(19)41/h12,16-18,20-21,25-28,42H,10-11,13-15H2,1-9H3/t18?,20-,21+,25?,26+,27-,28-,33-,34-,35+,36+/m1/s1. The molecule has 4 fully saturated rings. The molecule has 1 N–H and O–H groups in total. The van der Waals surface area contributed by atoms with E-state index in [1.54, 1.807) is 26.8 Å². The molecule has 0 radical (unpaired) electrons. The van der Waals surface area contributed by atoms with Crippen LogP contribution in [0.3, 0.4) is 0 Å². The molecule has 2 saturated carbocycles. The molecule has 0 amide bonds. The molecule has 2 saturated heterocycles. The van der Waals surface area contributed by atoms with Gasteiger partial charge in [0.2, 0.25) is 0 Å². The maximum absolute atomic E-state index is 13.8. The lowest BCUT2D eigenvalue weighted by Crippen LogP contribution is -2.76. The van der Waals surface area contributed by atoms with E-state index in [-0.39, 0.29) is 18.6 Å². The third-order valence-corrected chi connectivity index (χ3v) is 12.9. The van der Waals surface area contributed by atoms with Crippen LogP contribution >= 0.6 is 0 Å². The Balaban J connectivity index is 1.62. The highest BCUT2D eigenvalue weighted by molar-refractivity contribution is 5.94. The first-order chi connectivity index (χ1) is 22.4. The van der Waals surface area contributed by atoms with Gasteiger partial charge in [-0.2, -0.15) is 0 Å². The molecule has 2 aliphatic carbocycles. The second-order valence-electron chi connectivity index (χ2n) is 15.9. The number of hydrogen-bond donors (Lipinski definition) is 1. The molecule has 4 aliphatic heterocycles. The zero-order chi connectivity index (χ0) is 35.4. The van der Waals surface area contributed by atoms with Gasteiger partial charge in [-0.1, -0.05) is 55.4 Å². The van der Waals surface area contributed by atoms with Crippen LogP contribution in [-0.2, 0) is 52.4 Å². The van der Waals surface area contributed by atoms with E-state index < -0.39 is 105 Å². The third kappa shape index (κ3) is 4.29. The fraction of sp³-hybridized carbons (Fsp3) is 0.750. The summed E-state index contributed by atoms with van der Waals surface area (Å²) in [4.78, 5) is 66.6. The molecule has 1 spiro atoms. The normalized spacial score (nSPS) is 42.5. The van der Waals surface area contributed by atoms with Crippen molar-refractivity contribution in [3.05, 3.63) is 23.3 Å². The van der Waals surface area contributed by atoms with Crippen LogP contribution in [0.5, 0.6) is 0 Å². The zero-order valence-electron chi connectivity index (χ0n) is 29.2. The van der Waals surface area contributed by atoms with E-state index in [1.807, 2.05) is 34.6 Å². The summed E-state index contributed by atoms with van der Waals surface area (Å²) in [5.74, 6) is -8.30. The van der Waals surface area contributed by atoms with Crippen LogP contribution in [0.2, 0.25) is 0 Å². The molecule has 12 heteroatoms. The number of aliphatic hydroxyl groups is 1. The van der Waals surface area contributed by atoms with Gasteiger partial charge in [0.1, 0.15) is 30.5 Å². The van der Waals surface area contributed by atoms with Gasteiger partial charge in [-0.25, -0.2) is 9.59 Å². The monoisotopic (exact) mass is 672 g/mol. The van der Waals surface area contributed by atoms with Gasteiger partial charge in [0, 0.05) is 34.7 Å². The van der Waals surface area contributed by atoms with E-state index in [2.05, 4.69) is 0 Å². The number of methoxy groups -OCH3 is 1. The van der Waals surface area contributed by atoms with Crippen molar-refractivity contribution in [3.8, 4) is 0 Å². The number of esters is 5. The Bertz CT molecular complexity index is 1510. The zero-order valence-corrected chi connectivity index (χ0v) is 29.2. The summed E-state index contributed by atoms with van der Waals surface area (Å²) in [7, 11) is 1.30. The number of cyclic esters (lactones) is 2. The second kappa shape index (κ2) is 11.1. The lowest BCUT2D eigenvalue weighted by molar-refractivity contribution is -0.326. The highest BCUT2D eigenvalue weighted by atomic mass is 16.7. The minimum absolute atomic E-state index is 0.0455. The highest BCUT2D eigenvalue weighted by Gasteiger charge is 2.90. The molecule has 0 aromatic rings. The van der Waals surface area contributed by atoms with Crippen molar-refractivity contribution in [2.24, 2.45) is 45.8 Å². The first-order valence-electron chi connectivity index (χ1n) is 17.1. The van der Waals surface area contributed by atoms with Crippen LogP contribution in [0.15, 0.2) is 23.3 Å². The molecule has 2 unspecified atom stereocenters. The van der Waals surface area contributed by atoms with Crippen LogP contribution in [0, 0.1) is 45.8 Å². The Hall–Kier alpha value is -3.25. The molecule has 2 bridgehead atoms. The summed E-state index contributed by atoms with van der Waals surface area (Å²) >= 11 is 0. The molecule has 4 heterocycles. The van der Waals surface area contributed by atoms with Crippen LogP contribution in [0.4, 0.5) is 0 Å². The predicted octanol–water partition coefficient (Wildman–Crippen LogP) is 3.58. The van der Waals surface area contributed by atoms with Crippen LogP contribution in [0.25, 0.3) is 0 Å². The molecule has 0 aromatic heterocycles. The van der Waals surface area contributed by atoms with Gasteiger partial charge in [0.15, 0.2) is 5.79 Å². The Kier molecular flexibility index (Phi) is 8.03. The number of fused-ring (bicyclic) bond motifs is 2. The fourth-order valence-electron chi connectivity index (χ4n) is 10.2. The lowest BCUT2D eigenvalue weighted by Gasteiger charge is -2.67. The Morgan fingerprint density at radius 3 is 2.29 bits per heavy atom. The maximum atomic E-state index is 13.8. The molecule has 48 heavy (non-hydrogen) atoms. The molecular weight excluding hydrogens is 624 g/mol. The van der Waals surface area contributed by atoms with E-state index in [0.29, 0.717) is 24.8 Å². The van der Waals surface area contributed by atoms with Crippen LogP contribution < -0.4 is 0 Å². The number of carbonyl (C=O) groups excluding carboxylic acids is 5. The van der Waals surface area contributed by atoms with Crippen molar-refractivity contribution in [3.63, 3.8) is 0 Å². The Labute approximate surface area is 280 Å². The SMILES string of the molecule is CCC(C)C(=O)O[C@@H]1C2[C@@H](OC(=O)C(C)C)C(C)(C)[C@H](CC(=O)OC)[C@@]3(C)[C@H]4CC[C@]5(C)C(=CC(=O)O[C@H]5C5=CCOC5=O)[C@]14O[C@@]23O. The van der Waals surface area contributed by atoms with Crippen molar-refractivity contribution in [2.45, 2.75) is 111 Å². The Morgan fingerprint density at radius 2 is 1.71 bits per heavy atom. The fourth-order valence-corrected chi connectivity index (χ4v) is 10.2. The first-order valence-corrected chi connectivity index (χ1v) is 17.1. The van der Waals surface area contributed by atoms with E-state index in [1.165, 1.54) is 13.2 Å². The van der Waals surface area contributed by atoms with Gasteiger partial charge < -0.3 is 33.5 Å². The average Bonchev–Trinajstić information content (AvgIpc) is 3.62. The van der Waals surface area contributed by atoms with Gasteiger partial charge in [0.05, 0.1) is 30.4 Å². The van der Waals surface area contributed by atoms with Gasteiger partial charge in [-0.05, 0) is 36.8 Å². The van der Waals surface area contributed by atoms with E-state index in [9.17, 15) is 29.1 Å². The number of rotatable bonds is 8. The van der Waals surface area contributed by atoms with Gasteiger partial charge >= 0.3 is 29.8 Å². The van der Waals surface area contributed by atoms with Crippen molar-refractivity contribution >= 4 is 29.8 Å². The largest absolute Gasteiger partial charge is 0.469 e. The maximum Gasteiger partial charge on any atom is 0.337 e. The molecular formula is C36H48O12. The lowest BCUT2D eigenvalue weighted by atomic mass is 9.37. The summed E-state index contributed by atoms with van der Waals surface area (Å²) in [5, 5.41) is 13.2. The molecule has 264 valence electrons. The quantitative estimate of drug-likeness (QED) is 0.295. The van der Waals surface area contributed by atoms with E-state index >= 15 is 0 Å². The summed E-state index contributed by atoms with van der Waals surface area (Å²) < 4.78 is 36.0. The Morgan fingerprint density at radius 1 is 1.04 bits per heavy atom. The molecule has 6 aliphatic rings. The topological polar surface area (TPSA) is 161 Å². The summed E-state index contributed by atoms with van der Waals surface area (Å²) in [6, 6.07) is 0. The van der Waals surface area contributed by atoms with E-state index in [4.69, 9.17) is 28.4 Å². The van der Waals surface area contributed by atoms with Crippen molar-refractivity contribution in [2.75, 3.05) is 13.7 Å². The molecule has 0 aromatic carbocycles. The molecule has 6 rings (SSSR count). The van der Waals surface area contributed by atoms with Gasteiger partial charge in [-0.15, -0.1) is 0 Å². The summed E-state index contributed by atoms with van der Waals surface area (Å²) in [6.45, 7) is 14.6. The van der Waals surface area contributed by atoms with Crippen LogP contribution in [0.1, 0.15) is 81.1 Å². The van der Waals surface area contributed by atoms with Crippen molar-refractivity contribution < 1.29 is 57.5 Å². The average molecular weight is 673 g/mol. The van der Waals surface area contributed by atoms with E-state index in [0.717, 1.165) is 0 Å². The highest BCUT2D eigenvalue weighted by Crippen LogP contribution is 2.80. The number of hydrogen-bond acceptors (Lipinski definition) is 12. The molecule has 12 nitrogen and oxygen atoms in total. The number of carbonyl (C=O) groups is 5. The van der Waals surface area contributed by atoms with Crippen molar-refractivity contribution in [1.29, 1.82) is 0 Å². The number of ether oxygens (including phenoxy) is 6. The molecule has 11 atom stereocenters. The smallest absolute Gasteiger partial charge is 0.337 e. The predicted molar refractivity (Wildman–Crippen MR) is 166 cm³/mol. The van der Waals surface area contributed by atoms with Gasteiger partial charge in [-0.3, -0.25) is 14.4 Å². The van der Waals surface area contributed by atoms with Crippen LogP contribution in [-0.4, -0.2) is 78.4 Å². The third-order valence-electron chi connectivity index (χ3n) is 12.9. The summed E-state index contributed by atoms with van der Waals surface area (Å²) in [6.07, 6.45) is 0.828. The van der Waals surface area contributed by atoms with Crippen molar-refractivity contribution in [1.82, 2.24) is 0 Å².